The summed E-state index contributed by atoms with van der Waals surface area (Å²) in [4.78, 5) is 4.37. The van der Waals surface area contributed by atoms with Gasteiger partial charge in [-0.15, -0.1) is 0 Å². The average molecular weight is 167 g/mol. The second kappa shape index (κ2) is 4.96. The first-order valence-corrected chi connectivity index (χ1v) is 4.80. The van der Waals surface area contributed by atoms with Gasteiger partial charge in [0.25, 0.3) is 0 Å². The maximum absolute atomic E-state index is 5.29. The molecule has 2 heteroatoms. The third-order valence-electron chi connectivity index (χ3n) is 1.85. The van der Waals surface area contributed by atoms with Crippen LogP contribution in [0.25, 0.3) is 0 Å². The number of unbranched alkanes of at least 4 members (excludes halogenated alkanes) is 1. The largest absolute Gasteiger partial charge is 0.449 e. The molecule has 0 N–H and O–H groups in total. The second-order valence-electron chi connectivity index (χ2n) is 3.09. The summed E-state index contributed by atoms with van der Waals surface area (Å²) >= 11 is 0. The zero-order valence-corrected chi connectivity index (χ0v) is 7.97. The van der Waals surface area contributed by atoms with E-state index in [4.69, 9.17) is 4.42 Å². The molecule has 0 atom stereocenters. The maximum Gasteiger partial charge on any atom is 0.194 e. The summed E-state index contributed by atoms with van der Waals surface area (Å²) in [5.74, 6) is 0.892. The van der Waals surface area contributed by atoms with Crippen LogP contribution in [0.4, 0.5) is 0 Å². The van der Waals surface area contributed by atoms with Gasteiger partial charge >= 0.3 is 0 Å². The normalized spacial score (nSPS) is 10.5. The minimum atomic E-state index is 0.892. The fraction of sp³-hybridized carbons (Fsp3) is 0.700. The highest BCUT2D eigenvalue weighted by atomic mass is 16.3. The van der Waals surface area contributed by atoms with E-state index in [0.717, 1.165) is 30.8 Å². The molecule has 0 aliphatic heterocycles. The molecule has 0 saturated carbocycles. The van der Waals surface area contributed by atoms with Crippen LogP contribution in [-0.4, -0.2) is 4.98 Å². The lowest BCUT2D eigenvalue weighted by Crippen LogP contribution is -1.86. The van der Waals surface area contributed by atoms with Gasteiger partial charge in [0, 0.05) is 6.42 Å². The molecule has 0 saturated heterocycles. The highest BCUT2D eigenvalue weighted by Gasteiger charge is 2.01. The molecule has 1 aromatic rings. The van der Waals surface area contributed by atoms with E-state index in [1.54, 1.807) is 6.26 Å². The summed E-state index contributed by atoms with van der Waals surface area (Å²) < 4.78 is 5.29. The SMILES string of the molecule is CCCCc1coc(CCC)n1. The molecule has 0 spiro atoms. The van der Waals surface area contributed by atoms with E-state index in [0.29, 0.717) is 0 Å². The van der Waals surface area contributed by atoms with Gasteiger partial charge < -0.3 is 4.42 Å². The van der Waals surface area contributed by atoms with Gasteiger partial charge in [-0.25, -0.2) is 4.98 Å². The highest BCUT2D eigenvalue weighted by molar-refractivity contribution is 4.96. The van der Waals surface area contributed by atoms with Gasteiger partial charge in [0.2, 0.25) is 0 Å². The number of hydrogen-bond donors (Lipinski definition) is 0. The van der Waals surface area contributed by atoms with Gasteiger partial charge in [0.15, 0.2) is 5.89 Å². The number of nitrogens with zero attached hydrogens (tertiary/aromatic N) is 1. The minimum absolute atomic E-state index is 0.892. The number of hydrogen-bond acceptors (Lipinski definition) is 2. The third-order valence-corrected chi connectivity index (χ3v) is 1.85. The van der Waals surface area contributed by atoms with E-state index in [2.05, 4.69) is 18.8 Å². The minimum Gasteiger partial charge on any atom is -0.449 e. The highest BCUT2D eigenvalue weighted by Crippen LogP contribution is 2.07. The molecule has 0 fully saturated rings. The zero-order chi connectivity index (χ0) is 8.81. The van der Waals surface area contributed by atoms with Crippen LogP contribution in [0, 0.1) is 0 Å². The predicted octanol–water partition coefficient (Wildman–Crippen LogP) is 2.97. The van der Waals surface area contributed by atoms with Gasteiger partial charge in [0.1, 0.15) is 6.26 Å². The molecule has 1 aromatic heterocycles. The molecule has 0 aromatic carbocycles. The number of aromatic nitrogens is 1. The van der Waals surface area contributed by atoms with Crippen molar-refractivity contribution in [3.8, 4) is 0 Å². The number of aryl methyl sites for hydroxylation is 2. The van der Waals surface area contributed by atoms with Crippen LogP contribution in [-0.2, 0) is 12.8 Å². The lowest BCUT2D eigenvalue weighted by Gasteiger charge is -1.90. The van der Waals surface area contributed by atoms with Crippen LogP contribution in [0.5, 0.6) is 0 Å². The number of rotatable bonds is 5. The first kappa shape index (κ1) is 9.30. The molecule has 2 nitrogen and oxygen atoms in total. The zero-order valence-electron chi connectivity index (χ0n) is 7.97. The van der Waals surface area contributed by atoms with Crippen molar-refractivity contribution in [2.75, 3.05) is 0 Å². The van der Waals surface area contributed by atoms with Crippen molar-refractivity contribution in [3.05, 3.63) is 17.8 Å². The summed E-state index contributed by atoms with van der Waals surface area (Å²) in [7, 11) is 0. The first-order chi connectivity index (χ1) is 5.86. The third kappa shape index (κ3) is 2.68. The Balaban J connectivity index is 2.41. The Labute approximate surface area is 74.0 Å². The van der Waals surface area contributed by atoms with Crippen molar-refractivity contribution in [3.63, 3.8) is 0 Å². The molecular formula is C10H17NO. The van der Waals surface area contributed by atoms with E-state index < -0.39 is 0 Å². The lowest BCUT2D eigenvalue weighted by molar-refractivity contribution is 0.491. The van der Waals surface area contributed by atoms with Gasteiger partial charge in [-0.3, -0.25) is 0 Å². The van der Waals surface area contributed by atoms with Crippen molar-refractivity contribution >= 4 is 0 Å². The summed E-state index contributed by atoms with van der Waals surface area (Å²) in [5.41, 5.74) is 1.11. The summed E-state index contributed by atoms with van der Waals surface area (Å²) in [6.07, 6.45) is 7.35. The van der Waals surface area contributed by atoms with Crippen molar-refractivity contribution < 1.29 is 4.42 Å². The van der Waals surface area contributed by atoms with E-state index >= 15 is 0 Å². The Hall–Kier alpha value is -0.790. The van der Waals surface area contributed by atoms with Crippen molar-refractivity contribution in [2.45, 2.75) is 46.0 Å². The van der Waals surface area contributed by atoms with Crippen molar-refractivity contribution in [2.24, 2.45) is 0 Å². The maximum atomic E-state index is 5.29. The van der Waals surface area contributed by atoms with Crippen LogP contribution in [0.2, 0.25) is 0 Å². The van der Waals surface area contributed by atoms with Crippen LogP contribution in [0.1, 0.15) is 44.7 Å². The summed E-state index contributed by atoms with van der Waals surface area (Å²) in [5, 5.41) is 0. The molecule has 12 heavy (non-hydrogen) atoms. The molecule has 0 aliphatic rings. The topological polar surface area (TPSA) is 26.0 Å². The first-order valence-electron chi connectivity index (χ1n) is 4.80. The van der Waals surface area contributed by atoms with Gasteiger partial charge in [0.05, 0.1) is 5.69 Å². The van der Waals surface area contributed by atoms with Gasteiger partial charge in [-0.05, 0) is 19.3 Å². The van der Waals surface area contributed by atoms with E-state index in [1.807, 2.05) is 0 Å². The smallest absolute Gasteiger partial charge is 0.194 e. The average Bonchev–Trinajstić information content (AvgIpc) is 2.50. The van der Waals surface area contributed by atoms with E-state index in [-0.39, 0.29) is 0 Å². The summed E-state index contributed by atoms with van der Waals surface area (Å²) in [6.45, 7) is 4.32. The van der Waals surface area contributed by atoms with Crippen molar-refractivity contribution in [1.29, 1.82) is 0 Å². The molecule has 68 valence electrons. The Kier molecular flexibility index (Phi) is 3.85. The summed E-state index contributed by atoms with van der Waals surface area (Å²) in [6, 6.07) is 0. The molecule has 1 rings (SSSR count). The Morgan fingerprint density at radius 1 is 1.25 bits per heavy atom. The number of oxazole rings is 1. The predicted molar refractivity (Wildman–Crippen MR) is 49.1 cm³/mol. The molecule has 0 amide bonds. The molecule has 1 heterocycles. The fourth-order valence-corrected chi connectivity index (χ4v) is 1.15. The van der Waals surface area contributed by atoms with Crippen LogP contribution >= 0.6 is 0 Å². The van der Waals surface area contributed by atoms with Crippen LogP contribution < -0.4 is 0 Å². The van der Waals surface area contributed by atoms with E-state index in [1.165, 1.54) is 12.8 Å². The standard InChI is InChI=1S/C10H17NO/c1-3-5-7-9-8-12-10(11-9)6-4-2/h8H,3-7H2,1-2H3. The van der Waals surface area contributed by atoms with Crippen molar-refractivity contribution in [1.82, 2.24) is 4.98 Å². The molecule has 0 unspecified atom stereocenters. The van der Waals surface area contributed by atoms with Gasteiger partial charge in [-0.2, -0.15) is 0 Å². The van der Waals surface area contributed by atoms with Crippen LogP contribution in [0.3, 0.4) is 0 Å². The molecule has 0 aliphatic carbocycles. The quantitative estimate of drug-likeness (QED) is 0.673. The molecule has 0 radical (unpaired) electrons. The molecule has 0 bridgehead atoms. The Bertz CT molecular complexity index is 217. The van der Waals surface area contributed by atoms with Gasteiger partial charge in [-0.1, -0.05) is 20.3 Å². The van der Waals surface area contributed by atoms with E-state index in [9.17, 15) is 0 Å². The Morgan fingerprint density at radius 2 is 2.08 bits per heavy atom. The monoisotopic (exact) mass is 167 g/mol. The Morgan fingerprint density at radius 3 is 2.75 bits per heavy atom. The second-order valence-corrected chi connectivity index (χ2v) is 3.09. The van der Waals surface area contributed by atoms with Crippen LogP contribution in [0.15, 0.2) is 10.7 Å². The lowest BCUT2D eigenvalue weighted by atomic mass is 10.2. The molecular weight excluding hydrogens is 150 g/mol. The fourth-order valence-electron chi connectivity index (χ4n) is 1.15.